The fourth-order valence-corrected chi connectivity index (χ4v) is 3.35. The Kier molecular flexibility index (Phi) is 5.65. The molecule has 1 fully saturated rings. The number of benzene rings is 1. The molecule has 0 aliphatic heterocycles. The average Bonchev–Trinajstić information content (AvgIpc) is 2.68. The SMILES string of the molecule is CNC(Cc1cc(F)ccc1Cl)C1CCCCCC1. The van der Waals surface area contributed by atoms with Crippen molar-refractivity contribution in [2.75, 3.05) is 7.05 Å². The van der Waals surface area contributed by atoms with Gasteiger partial charge in [0.25, 0.3) is 0 Å². The van der Waals surface area contributed by atoms with Crippen molar-refractivity contribution in [2.24, 2.45) is 5.92 Å². The molecule has 1 atom stereocenters. The van der Waals surface area contributed by atoms with Crippen molar-refractivity contribution in [1.29, 1.82) is 0 Å². The predicted octanol–water partition coefficient (Wildman–Crippen LogP) is 4.58. The molecule has 1 aliphatic rings. The highest BCUT2D eigenvalue weighted by molar-refractivity contribution is 6.31. The average molecular weight is 284 g/mol. The third kappa shape index (κ3) is 4.19. The van der Waals surface area contributed by atoms with Crippen LogP contribution >= 0.6 is 11.6 Å². The first kappa shape index (κ1) is 14.8. The van der Waals surface area contributed by atoms with E-state index in [1.165, 1.54) is 44.6 Å². The van der Waals surface area contributed by atoms with E-state index in [1.54, 1.807) is 12.1 Å². The molecule has 1 N–H and O–H groups in total. The standard InChI is InChI=1S/C16H23ClFN/c1-19-16(12-6-4-2-3-5-7-12)11-13-10-14(18)8-9-15(13)17/h8-10,12,16,19H,2-7,11H2,1H3. The zero-order chi connectivity index (χ0) is 13.7. The van der Waals surface area contributed by atoms with Crippen LogP contribution in [0, 0.1) is 11.7 Å². The summed E-state index contributed by atoms with van der Waals surface area (Å²) >= 11 is 6.17. The number of rotatable bonds is 4. The molecule has 0 saturated heterocycles. The first-order valence-corrected chi connectivity index (χ1v) is 7.69. The van der Waals surface area contributed by atoms with Crippen molar-refractivity contribution in [3.8, 4) is 0 Å². The molecular formula is C16H23ClFN. The Morgan fingerprint density at radius 2 is 1.95 bits per heavy atom. The molecule has 1 aromatic rings. The Hall–Kier alpha value is -0.600. The Balaban J connectivity index is 2.07. The smallest absolute Gasteiger partial charge is 0.123 e. The van der Waals surface area contributed by atoms with Gasteiger partial charge >= 0.3 is 0 Å². The normalized spacial score (nSPS) is 19.1. The number of likely N-dealkylation sites (N-methyl/N-ethyl adjacent to an activating group) is 1. The van der Waals surface area contributed by atoms with Gasteiger partial charge in [0.2, 0.25) is 0 Å². The van der Waals surface area contributed by atoms with Gasteiger partial charge in [-0.25, -0.2) is 4.39 Å². The van der Waals surface area contributed by atoms with E-state index in [1.807, 2.05) is 7.05 Å². The maximum atomic E-state index is 13.3. The molecule has 0 spiro atoms. The zero-order valence-corrected chi connectivity index (χ0v) is 12.3. The van der Waals surface area contributed by atoms with Crippen molar-refractivity contribution in [1.82, 2.24) is 5.32 Å². The molecule has 19 heavy (non-hydrogen) atoms. The summed E-state index contributed by atoms with van der Waals surface area (Å²) in [4.78, 5) is 0. The van der Waals surface area contributed by atoms with Gasteiger partial charge in [-0.2, -0.15) is 0 Å². The van der Waals surface area contributed by atoms with E-state index in [9.17, 15) is 4.39 Å². The highest BCUT2D eigenvalue weighted by atomic mass is 35.5. The van der Waals surface area contributed by atoms with E-state index in [4.69, 9.17) is 11.6 Å². The van der Waals surface area contributed by atoms with Gasteiger partial charge in [0.05, 0.1) is 0 Å². The van der Waals surface area contributed by atoms with E-state index in [0.717, 1.165) is 12.0 Å². The molecule has 0 bridgehead atoms. The van der Waals surface area contributed by atoms with Gasteiger partial charge in [0.1, 0.15) is 5.82 Å². The van der Waals surface area contributed by atoms with Crippen molar-refractivity contribution < 1.29 is 4.39 Å². The minimum absolute atomic E-state index is 0.199. The van der Waals surface area contributed by atoms with Gasteiger partial charge in [0, 0.05) is 11.1 Å². The van der Waals surface area contributed by atoms with Crippen LogP contribution in [0.25, 0.3) is 0 Å². The van der Waals surface area contributed by atoms with Gasteiger partial charge < -0.3 is 5.32 Å². The number of halogens is 2. The monoisotopic (exact) mass is 283 g/mol. The third-order valence-corrected chi connectivity index (χ3v) is 4.66. The van der Waals surface area contributed by atoms with Crippen LogP contribution in [-0.4, -0.2) is 13.1 Å². The van der Waals surface area contributed by atoms with Crippen LogP contribution in [0.2, 0.25) is 5.02 Å². The van der Waals surface area contributed by atoms with Crippen LogP contribution in [0.15, 0.2) is 18.2 Å². The quantitative estimate of drug-likeness (QED) is 0.798. The molecule has 1 aliphatic carbocycles. The third-order valence-electron chi connectivity index (χ3n) is 4.29. The molecule has 0 aromatic heterocycles. The van der Waals surface area contributed by atoms with E-state index < -0.39 is 0 Å². The molecule has 1 unspecified atom stereocenters. The molecule has 0 radical (unpaired) electrons. The molecule has 2 rings (SSSR count). The Morgan fingerprint density at radius 1 is 1.26 bits per heavy atom. The van der Waals surface area contributed by atoms with Gasteiger partial charge in [-0.1, -0.05) is 37.3 Å². The van der Waals surface area contributed by atoms with Crippen molar-refractivity contribution in [2.45, 2.75) is 51.0 Å². The Labute approximate surface area is 120 Å². The fraction of sp³-hybridized carbons (Fsp3) is 0.625. The van der Waals surface area contributed by atoms with Crippen molar-refractivity contribution in [3.63, 3.8) is 0 Å². The van der Waals surface area contributed by atoms with Crippen molar-refractivity contribution in [3.05, 3.63) is 34.6 Å². The summed E-state index contributed by atoms with van der Waals surface area (Å²) in [6, 6.07) is 5.05. The maximum absolute atomic E-state index is 13.3. The van der Waals surface area contributed by atoms with E-state index >= 15 is 0 Å². The fourth-order valence-electron chi connectivity index (χ4n) is 3.15. The highest BCUT2D eigenvalue weighted by Crippen LogP contribution is 2.28. The summed E-state index contributed by atoms with van der Waals surface area (Å²) in [5.74, 6) is 0.488. The van der Waals surface area contributed by atoms with Crippen LogP contribution in [0.5, 0.6) is 0 Å². The lowest BCUT2D eigenvalue weighted by atomic mass is 9.88. The molecule has 3 heteroatoms. The summed E-state index contributed by atoms with van der Waals surface area (Å²) in [7, 11) is 2.00. The topological polar surface area (TPSA) is 12.0 Å². The Morgan fingerprint density at radius 3 is 2.58 bits per heavy atom. The summed E-state index contributed by atoms with van der Waals surface area (Å²) in [6.45, 7) is 0. The molecule has 0 amide bonds. The molecule has 106 valence electrons. The molecule has 1 aromatic carbocycles. The lowest BCUT2D eigenvalue weighted by molar-refractivity contribution is 0.332. The van der Waals surface area contributed by atoms with Gasteiger partial charge in [-0.05, 0) is 56.0 Å². The minimum atomic E-state index is -0.199. The molecular weight excluding hydrogens is 261 g/mol. The van der Waals surface area contributed by atoms with Crippen LogP contribution in [0.4, 0.5) is 4.39 Å². The van der Waals surface area contributed by atoms with E-state index in [0.29, 0.717) is 17.0 Å². The lowest BCUT2D eigenvalue weighted by Gasteiger charge is -2.26. The van der Waals surface area contributed by atoms with Crippen LogP contribution < -0.4 is 5.32 Å². The second kappa shape index (κ2) is 7.25. The first-order chi connectivity index (χ1) is 9.20. The van der Waals surface area contributed by atoms with Crippen molar-refractivity contribution >= 4 is 11.6 Å². The molecule has 0 heterocycles. The second-order valence-corrected chi connectivity index (χ2v) is 5.99. The van der Waals surface area contributed by atoms with Crippen LogP contribution in [-0.2, 0) is 6.42 Å². The van der Waals surface area contributed by atoms with Crippen LogP contribution in [0.3, 0.4) is 0 Å². The summed E-state index contributed by atoms with van der Waals surface area (Å²) in [6.07, 6.45) is 8.72. The number of nitrogens with one attached hydrogen (secondary N) is 1. The van der Waals surface area contributed by atoms with Gasteiger partial charge in [0.15, 0.2) is 0 Å². The summed E-state index contributed by atoms with van der Waals surface area (Å²) in [5.41, 5.74) is 0.922. The molecule has 1 saturated carbocycles. The van der Waals surface area contributed by atoms with E-state index in [2.05, 4.69) is 5.32 Å². The predicted molar refractivity (Wildman–Crippen MR) is 79.2 cm³/mol. The van der Waals surface area contributed by atoms with Crippen LogP contribution in [0.1, 0.15) is 44.1 Å². The largest absolute Gasteiger partial charge is 0.316 e. The minimum Gasteiger partial charge on any atom is -0.316 e. The van der Waals surface area contributed by atoms with E-state index in [-0.39, 0.29) is 5.82 Å². The summed E-state index contributed by atoms with van der Waals surface area (Å²) in [5, 5.41) is 4.09. The van der Waals surface area contributed by atoms with Gasteiger partial charge in [-0.15, -0.1) is 0 Å². The zero-order valence-electron chi connectivity index (χ0n) is 11.6. The first-order valence-electron chi connectivity index (χ1n) is 7.32. The lowest BCUT2D eigenvalue weighted by Crippen LogP contribution is -2.35. The Bertz CT molecular complexity index is 400. The maximum Gasteiger partial charge on any atom is 0.123 e. The number of hydrogen-bond acceptors (Lipinski definition) is 1. The highest BCUT2D eigenvalue weighted by Gasteiger charge is 2.22. The second-order valence-electron chi connectivity index (χ2n) is 5.59. The number of hydrogen-bond donors (Lipinski definition) is 1. The molecule has 1 nitrogen and oxygen atoms in total. The van der Waals surface area contributed by atoms with Gasteiger partial charge in [-0.3, -0.25) is 0 Å². The summed E-state index contributed by atoms with van der Waals surface area (Å²) < 4.78 is 13.3.